The molecule has 2 bridgehead atoms. The van der Waals surface area contributed by atoms with Gasteiger partial charge in [0.1, 0.15) is 10.9 Å². The molecule has 1 unspecified atom stereocenters. The van der Waals surface area contributed by atoms with Crippen LogP contribution < -0.4 is 0 Å². The Morgan fingerprint density at radius 3 is 2.85 bits per heavy atom. The highest BCUT2D eigenvalue weighted by atomic mass is 32.2. The molecular formula is C17H21F2N3O4S. The summed E-state index contributed by atoms with van der Waals surface area (Å²) < 4.78 is 60.6. The van der Waals surface area contributed by atoms with Crippen molar-refractivity contribution in [3.8, 4) is 0 Å². The number of nitrogens with zero attached hydrogens (tertiary/aromatic N) is 3. The zero-order valence-corrected chi connectivity index (χ0v) is 15.9. The van der Waals surface area contributed by atoms with Crippen molar-refractivity contribution in [3.05, 3.63) is 29.6 Å². The third-order valence-corrected chi connectivity index (χ3v) is 7.76. The largest absolute Gasteiger partial charge is 0.365 e. The summed E-state index contributed by atoms with van der Waals surface area (Å²) in [6.07, 6.45) is 0.537. The minimum atomic E-state index is -3.53. The van der Waals surface area contributed by atoms with E-state index in [4.69, 9.17) is 4.74 Å². The van der Waals surface area contributed by atoms with Gasteiger partial charge in [0.25, 0.3) is 5.91 Å². The van der Waals surface area contributed by atoms with E-state index >= 15 is 0 Å². The smallest absolute Gasteiger partial charge is 0.257 e. The number of hydrogen-bond donors (Lipinski definition) is 0. The minimum absolute atomic E-state index is 0.0320. The van der Waals surface area contributed by atoms with Gasteiger partial charge in [0.15, 0.2) is 5.82 Å². The number of halogens is 2. The molecule has 0 saturated carbocycles. The maximum absolute atomic E-state index is 14.0. The van der Waals surface area contributed by atoms with E-state index in [-0.39, 0.29) is 25.6 Å². The maximum atomic E-state index is 14.0. The molecule has 3 fully saturated rings. The second kappa shape index (κ2) is 6.18. The molecule has 1 spiro atoms. The van der Waals surface area contributed by atoms with Gasteiger partial charge in [-0.3, -0.25) is 4.79 Å². The van der Waals surface area contributed by atoms with E-state index in [0.717, 1.165) is 6.07 Å². The van der Waals surface area contributed by atoms with Crippen molar-refractivity contribution in [1.82, 2.24) is 14.2 Å². The number of hydrogen-bond acceptors (Lipinski definition) is 5. The normalized spacial score (nSPS) is 32.1. The number of fused-ring (bicyclic) bond motifs is 1. The molecule has 1 aromatic heterocycles. The Hall–Kier alpha value is -1.65. The van der Waals surface area contributed by atoms with Crippen molar-refractivity contribution < 1.29 is 26.7 Å². The molecule has 3 saturated heterocycles. The number of sulfonamides is 1. The summed E-state index contributed by atoms with van der Waals surface area (Å²) in [6.45, 7) is 4.60. The van der Waals surface area contributed by atoms with Gasteiger partial charge in [-0.25, -0.2) is 17.8 Å². The molecule has 3 aliphatic rings. The van der Waals surface area contributed by atoms with E-state index in [1.807, 2.05) is 13.8 Å². The number of likely N-dealkylation sites (tertiary alicyclic amines) is 1. The number of morpholine rings is 1. The first-order chi connectivity index (χ1) is 12.6. The third kappa shape index (κ3) is 2.94. The maximum Gasteiger partial charge on any atom is 0.257 e. The van der Waals surface area contributed by atoms with Crippen molar-refractivity contribution in [2.75, 3.05) is 26.2 Å². The predicted molar refractivity (Wildman–Crippen MR) is 91.4 cm³/mol. The van der Waals surface area contributed by atoms with Crippen LogP contribution in [0.2, 0.25) is 0 Å². The monoisotopic (exact) mass is 401 g/mol. The lowest BCUT2D eigenvalue weighted by Gasteiger charge is -2.39. The van der Waals surface area contributed by atoms with Crippen LogP contribution in [0, 0.1) is 17.7 Å². The van der Waals surface area contributed by atoms with Crippen LogP contribution in [0.3, 0.4) is 0 Å². The molecule has 1 aromatic rings. The van der Waals surface area contributed by atoms with Crippen LogP contribution in [0.5, 0.6) is 0 Å². The van der Waals surface area contributed by atoms with E-state index in [1.165, 1.54) is 9.21 Å². The summed E-state index contributed by atoms with van der Waals surface area (Å²) in [5, 5.41) is -0.717. The van der Waals surface area contributed by atoms with Crippen molar-refractivity contribution in [1.29, 1.82) is 0 Å². The highest BCUT2D eigenvalue weighted by Crippen LogP contribution is 2.46. The van der Waals surface area contributed by atoms with Crippen LogP contribution in [0.25, 0.3) is 0 Å². The summed E-state index contributed by atoms with van der Waals surface area (Å²) in [5.74, 6) is -2.38. The number of rotatable bonds is 3. The fraction of sp³-hybridized carbons (Fsp3) is 0.647. The molecule has 4 rings (SSSR count). The Labute approximate surface area is 156 Å². The van der Waals surface area contributed by atoms with Crippen LogP contribution in [0.15, 0.2) is 12.3 Å². The van der Waals surface area contributed by atoms with Crippen LogP contribution in [-0.4, -0.2) is 71.6 Å². The molecule has 0 aromatic carbocycles. The minimum Gasteiger partial charge on any atom is -0.365 e. The molecule has 3 atom stereocenters. The van der Waals surface area contributed by atoms with E-state index < -0.39 is 50.2 Å². The van der Waals surface area contributed by atoms with Gasteiger partial charge >= 0.3 is 0 Å². The lowest BCUT2D eigenvalue weighted by Crippen LogP contribution is -2.56. The third-order valence-electron chi connectivity index (χ3n) is 5.42. The quantitative estimate of drug-likeness (QED) is 0.707. The van der Waals surface area contributed by atoms with Gasteiger partial charge in [-0.1, -0.05) is 13.8 Å². The van der Waals surface area contributed by atoms with E-state index in [2.05, 4.69) is 4.98 Å². The molecular weight excluding hydrogens is 380 g/mol. The van der Waals surface area contributed by atoms with E-state index in [1.54, 1.807) is 0 Å². The highest BCUT2D eigenvalue weighted by Gasteiger charge is 2.65. The zero-order chi connectivity index (χ0) is 19.6. The van der Waals surface area contributed by atoms with Gasteiger partial charge in [0.05, 0.1) is 24.4 Å². The second-order valence-corrected chi connectivity index (χ2v) is 10.0. The van der Waals surface area contributed by atoms with Crippen molar-refractivity contribution >= 4 is 15.9 Å². The molecule has 7 nitrogen and oxygen atoms in total. The van der Waals surface area contributed by atoms with E-state index in [9.17, 15) is 22.0 Å². The van der Waals surface area contributed by atoms with E-state index in [0.29, 0.717) is 19.2 Å². The number of carbonyl (C=O) groups excluding carboxylic acids is 1. The summed E-state index contributed by atoms with van der Waals surface area (Å²) in [7, 11) is -3.53. The first kappa shape index (κ1) is 18.7. The highest BCUT2D eigenvalue weighted by molar-refractivity contribution is 7.90. The molecule has 0 aliphatic carbocycles. The summed E-state index contributed by atoms with van der Waals surface area (Å²) in [5.41, 5.74) is -1.43. The van der Waals surface area contributed by atoms with Crippen LogP contribution in [0.4, 0.5) is 8.78 Å². The predicted octanol–water partition coefficient (Wildman–Crippen LogP) is 1.01. The summed E-state index contributed by atoms with van der Waals surface area (Å²) in [6, 6.07) is 0.765. The number of ether oxygens (including phenoxy) is 1. The number of aromatic nitrogens is 1. The molecule has 3 aliphatic heterocycles. The molecule has 0 radical (unpaired) electrons. The average molecular weight is 401 g/mol. The fourth-order valence-corrected chi connectivity index (χ4v) is 6.89. The Kier molecular flexibility index (Phi) is 4.28. The summed E-state index contributed by atoms with van der Waals surface area (Å²) in [4.78, 5) is 17.3. The van der Waals surface area contributed by atoms with Gasteiger partial charge in [-0.15, -0.1) is 0 Å². The van der Waals surface area contributed by atoms with Crippen LogP contribution in [0.1, 0.15) is 30.6 Å². The SMILES string of the molecule is CC(C)CN1CC23CN(C(=O)c4cc(F)ncc4F)C[C@@H](C[C@@H]2S1(=O)=O)O3. The Morgan fingerprint density at radius 1 is 1.41 bits per heavy atom. The first-order valence-electron chi connectivity index (χ1n) is 8.89. The Balaban J connectivity index is 1.63. The van der Waals surface area contributed by atoms with Gasteiger partial charge in [-0.2, -0.15) is 8.70 Å². The van der Waals surface area contributed by atoms with Gasteiger partial charge in [0.2, 0.25) is 16.0 Å². The van der Waals surface area contributed by atoms with Crippen LogP contribution >= 0.6 is 0 Å². The van der Waals surface area contributed by atoms with Crippen molar-refractivity contribution in [2.24, 2.45) is 5.92 Å². The molecule has 4 heterocycles. The molecule has 1 amide bonds. The summed E-state index contributed by atoms with van der Waals surface area (Å²) >= 11 is 0. The number of pyridine rings is 1. The lowest BCUT2D eigenvalue weighted by molar-refractivity contribution is -0.0980. The number of amides is 1. The average Bonchev–Trinajstić information content (AvgIpc) is 2.95. The second-order valence-electron chi connectivity index (χ2n) is 7.93. The zero-order valence-electron chi connectivity index (χ0n) is 15.1. The Morgan fingerprint density at radius 2 is 2.15 bits per heavy atom. The van der Waals surface area contributed by atoms with Crippen molar-refractivity contribution in [3.63, 3.8) is 0 Å². The fourth-order valence-electron chi connectivity index (χ4n) is 4.42. The van der Waals surface area contributed by atoms with Gasteiger partial charge in [-0.05, 0) is 12.3 Å². The van der Waals surface area contributed by atoms with Crippen molar-refractivity contribution in [2.45, 2.75) is 37.2 Å². The topological polar surface area (TPSA) is 79.8 Å². The molecule has 148 valence electrons. The first-order valence-corrected chi connectivity index (χ1v) is 10.4. The number of carbonyl (C=O) groups is 1. The molecule has 0 N–H and O–H groups in total. The van der Waals surface area contributed by atoms with Gasteiger partial charge in [0, 0.05) is 25.7 Å². The van der Waals surface area contributed by atoms with Crippen LogP contribution in [-0.2, 0) is 14.8 Å². The molecule has 10 heteroatoms. The lowest BCUT2D eigenvalue weighted by atomic mass is 9.99. The molecule has 27 heavy (non-hydrogen) atoms. The van der Waals surface area contributed by atoms with Gasteiger partial charge < -0.3 is 9.64 Å². The standard InChI is InChI=1S/C17H21F2N3O4S/c1-10(2)6-22-9-17-8-21(7-11(26-17)3-14(17)27(22,24)25)16(23)12-4-15(19)20-5-13(12)18/h4-5,10-11,14H,3,6-9H2,1-2H3/t11-,14+,17?/m1/s1. The Bertz CT molecular complexity index is 894.